The molecule has 1 fully saturated rings. The Hall–Kier alpha value is -3.29. The molecule has 1 saturated heterocycles. The van der Waals surface area contributed by atoms with Crippen LogP contribution in [-0.4, -0.2) is 44.1 Å². The van der Waals surface area contributed by atoms with Crippen LogP contribution in [0.4, 0.5) is 11.5 Å². The van der Waals surface area contributed by atoms with Gasteiger partial charge in [0.1, 0.15) is 5.82 Å². The van der Waals surface area contributed by atoms with Crippen molar-refractivity contribution in [2.75, 3.05) is 18.4 Å². The number of nitrogens with zero attached hydrogens (tertiary/aromatic N) is 5. The normalized spacial score (nSPS) is 14.7. The number of likely N-dealkylation sites (tertiary alicyclic amines) is 1. The average molecular weight is 435 g/mol. The van der Waals surface area contributed by atoms with E-state index in [9.17, 15) is 4.79 Å². The van der Waals surface area contributed by atoms with Gasteiger partial charge in [-0.2, -0.15) is 0 Å². The number of amides is 1. The molecule has 0 spiro atoms. The number of hydrogen-bond donors (Lipinski definition) is 1. The lowest BCUT2D eigenvalue weighted by molar-refractivity contribution is -0.132. The van der Waals surface area contributed by atoms with Crippen LogP contribution in [0.1, 0.15) is 68.0 Å². The zero-order chi connectivity index (χ0) is 22.5. The fourth-order valence-electron chi connectivity index (χ4n) is 3.87. The highest BCUT2D eigenvalue weighted by Crippen LogP contribution is 2.28. The molecular weight excluding hydrogens is 404 g/mol. The van der Waals surface area contributed by atoms with Gasteiger partial charge in [-0.25, -0.2) is 4.98 Å². The fraction of sp³-hybridized carbons (Fsp3) is 0.458. The second-order valence-electron chi connectivity index (χ2n) is 8.61. The molecule has 0 unspecified atom stereocenters. The number of rotatable bonds is 7. The van der Waals surface area contributed by atoms with Crippen LogP contribution in [0.25, 0.3) is 0 Å². The third kappa shape index (κ3) is 5.30. The van der Waals surface area contributed by atoms with Crippen molar-refractivity contribution in [1.82, 2.24) is 25.1 Å². The van der Waals surface area contributed by atoms with E-state index < -0.39 is 0 Å². The van der Waals surface area contributed by atoms with Crippen molar-refractivity contribution in [2.24, 2.45) is 0 Å². The smallest absolute Gasteiger partial charge is 0.223 e. The van der Waals surface area contributed by atoms with Gasteiger partial charge in [0.2, 0.25) is 17.7 Å². The molecule has 8 nitrogen and oxygen atoms in total. The molecule has 1 amide bonds. The Labute approximate surface area is 188 Å². The first-order valence-electron chi connectivity index (χ1n) is 11.2. The van der Waals surface area contributed by atoms with Gasteiger partial charge >= 0.3 is 0 Å². The molecule has 32 heavy (non-hydrogen) atoms. The van der Waals surface area contributed by atoms with E-state index in [1.54, 1.807) is 6.20 Å². The number of carbonyl (C=O) groups is 1. The highest BCUT2D eigenvalue weighted by atomic mass is 16.4. The van der Waals surface area contributed by atoms with Crippen molar-refractivity contribution in [1.29, 1.82) is 0 Å². The van der Waals surface area contributed by atoms with E-state index in [4.69, 9.17) is 4.42 Å². The van der Waals surface area contributed by atoms with E-state index in [1.165, 1.54) is 0 Å². The second-order valence-corrected chi connectivity index (χ2v) is 8.61. The first-order chi connectivity index (χ1) is 15.5. The van der Waals surface area contributed by atoms with Crippen LogP contribution >= 0.6 is 0 Å². The molecule has 4 heterocycles. The summed E-state index contributed by atoms with van der Waals surface area (Å²) >= 11 is 0. The minimum absolute atomic E-state index is 0.144. The van der Waals surface area contributed by atoms with Crippen molar-refractivity contribution < 1.29 is 9.21 Å². The van der Waals surface area contributed by atoms with Crippen LogP contribution in [0.3, 0.4) is 0 Å². The summed E-state index contributed by atoms with van der Waals surface area (Å²) in [6, 6.07) is 8.07. The van der Waals surface area contributed by atoms with Crippen LogP contribution in [-0.2, 0) is 11.2 Å². The lowest BCUT2D eigenvalue weighted by Crippen LogP contribution is -2.38. The molecule has 0 aromatic carbocycles. The predicted molar refractivity (Wildman–Crippen MR) is 122 cm³/mol. The summed E-state index contributed by atoms with van der Waals surface area (Å²) in [6.07, 6.45) is 6.36. The Morgan fingerprint density at radius 3 is 2.66 bits per heavy atom. The number of carbonyl (C=O) groups excluding carboxylic acids is 1. The van der Waals surface area contributed by atoms with Crippen molar-refractivity contribution in [3.05, 3.63) is 59.7 Å². The highest BCUT2D eigenvalue weighted by molar-refractivity contribution is 5.76. The lowest BCUT2D eigenvalue weighted by atomic mass is 9.93. The van der Waals surface area contributed by atoms with Gasteiger partial charge in [0.15, 0.2) is 0 Å². The first kappa shape index (κ1) is 21.9. The third-order valence-corrected chi connectivity index (χ3v) is 5.85. The summed E-state index contributed by atoms with van der Waals surface area (Å²) in [6.45, 7) is 7.54. The number of hydrogen-bond acceptors (Lipinski definition) is 7. The summed E-state index contributed by atoms with van der Waals surface area (Å²) in [7, 11) is 0. The van der Waals surface area contributed by atoms with E-state index in [-0.39, 0.29) is 11.8 Å². The van der Waals surface area contributed by atoms with E-state index in [2.05, 4.69) is 31.5 Å². The average Bonchev–Trinajstić information content (AvgIpc) is 3.29. The molecule has 1 aliphatic heterocycles. The van der Waals surface area contributed by atoms with Gasteiger partial charge in [-0.05, 0) is 43.5 Å². The molecule has 168 valence electrons. The van der Waals surface area contributed by atoms with Gasteiger partial charge in [0, 0.05) is 49.7 Å². The van der Waals surface area contributed by atoms with Gasteiger partial charge in [0.05, 0.1) is 11.9 Å². The molecule has 1 aliphatic rings. The number of anilines is 2. The van der Waals surface area contributed by atoms with Gasteiger partial charge < -0.3 is 14.6 Å². The Morgan fingerprint density at radius 1 is 1.19 bits per heavy atom. The molecule has 0 atom stereocenters. The van der Waals surface area contributed by atoms with Gasteiger partial charge in [0.25, 0.3) is 0 Å². The SMILES string of the molecule is Cc1cccnc1Nc1ccc(C2CCN(C(=O)CCc3nnc(C(C)C)o3)CC2)nc1. The maximum Gasteiger partial charge on any atom is 0.223 e. The maximum atomic E-state index is 12.6. The zero-order valence-corrected chi connectivity index (χ0v) is 18.9. The number of piperidine rings is 1. The molecule has 8 heteroatoms. The van der Waals surface area contributed by atoms with Crippen LogP contribution in [0.5, 0.6) is 0 Å². The molecule has 0 radical (unpaired) electrons. The molecule has 3 aromatic heterocycles. The summed E-state index contributed by atoms with van der Waals surface area (Å²) in [5.41, 5.74) is 3.09. The monoisotopic (exact) mass is 434 g/mol. The maximum absolute atomic E-state index is 12.6. The summed E-state index contributed by atoms with van der Waals surface area (Å²) < 4.78 is 5.60. The first-order valence-corrected chi connectivity index (χ1v) is 11.2. The molecular formula is C24H30N6O2. The van der Waals surface area contributed by atoms with E-state index in [0.29, 0.717) is 30.5 Å². The Morgan fingerprint density at radius 2 is 2.00 bits per heavy atom. The van der Waals surface area contributed by atoms with Crippen molar-refractivity contribution in [3.63, 3.8) is 0 Å². The van der Waals surface area contributed by atoms with E-state index in [0.717, 1.165) is 48.7 Å². The summed E-state index contributed by atoms with van der Waals surface area (Å²) in [5, 5.41) is 11.4. The van der Waals surface area contributed by atoms with Crippen LogP contribution in [0, 0.1) is 6.92 Å². The Kier molecular flexibility index (Phi) is 6.78. The Bertz CT molecular complexity index is 1040. The van der Waals surface area contributed by atoms with Gasteiger partial charge in [-0.15, -0.1) is 10.2 Å². The summed E-state index contributed by atoms with van der Waals surface area (Å²) in [5.74, 6) is 2.71. The zero-order valence-electron chi connectivity index (χ0n) is 18.9. The minimum atomic E-state index is 0.144. The quantitative estimate of drug-likeness (QED) is 0.589. The largest absolute Gasteiger partial charge is 0.425 e. The van der Waals surface area contributed by atoms with Crippen LogP contribution in [0.15, 0.2) is 41.1 Å². The standard InChI is InChI=1S/C24H30N6O2/c1-16(2)24-29-28-21(32-24)8-9-22(31)30-13-10-18(11-14-30)20-7-6-19(15-26-20)27-23-17(3)5-4-12-25-23/h4-7,12,15-16,18H,8-11,13-14H2,1-3H3,(H,25,27). The molecule has 1 N–H and O–H groups in total. The molecule has 4 rings (SSSR count). The summed E-state index contributed by atoms with van der Waals surface area (Å²) in [4.78, 5) is 23.6. The third-order valence-electron chi connectivity index (χ3n) is 5.85. The molecule has 0 saturated carbocycles. The van der Waals surface area contributed by atoms with Crippen molar-refractivity contribution >= 4 is 17.4 Å². The Balaban J connectivity index is 1.25. The highest BCUT2D eigenvalue weighted by Gasteiger charge is 2.25. The predicted octanol–water partition coefficient (Wildman–Crippen LogP) is 4.37. The van der Waals surface area contributed by atoms with Gasteiger partial charge in [-0.3, -0.25) is 9.78 Å². The van der Waals surface area contributed by atoms with Crippen LogP contribution in [0.2, 0.25) is 0 Å². The van der Waals surface area contributed by atoms with Gasteiger partial charge in [-0.1, -0.05) is 19.9 Å². The second kappa shape index (κ2) is 9.89. The minimum Gasteiger partial charge on any atom is -0.425 e. The molecule has 0 bridgehead atoms. The topological polar surface area (TPSA) is 97.0 Å². The number of aromatic nitrogens is 4. The number of nitrogens with one attached hydrogen (secondary N) is 1. The number of aryl methyl sites for hydroxylation is 2. The molecule has 0 aliphatic carbocycles. The number of pyridine rings is 2. The fourth-order valence-corrected chi connectivity index (χ4v) is 3.87. The van der Waals surface area contributed by atoms with E-state index >= 15 is 0 Å². The lowest BCUT2D eigenvalue weighted by Gasteiger charge is -2.31. The molecule has 3 aromatic rings. The van der Waals surface area contributed by atoms with Crippen LogP contribution < -0.4 is 5.32 Å². The van der Waals surface area contributed by atoms with E-state index in [1.807, 2.05) is 50.1 Å². The van der Waals surface area contributed by atoms with Crippen molar-refractivity contribution in [2.45, 2.75) is 58.3 Å². The van der Waals surface area contributed by atoms with Crippen molar-refractivity contribution in [3.8, 4) is 0 Å².